The van der Waals surface area contributed by atoms with Crippen LogP contribution in [-0.2, 0) is 9.47 Å². The lowest BCUT2D eigenvalue weighted by Gasteiger charge is -2.08. The van der Waals surface area contributed by atoms with Gasteiger partial charge in [-0.3, -0.25) is 0 Å². The number of halogens is 4. The van der Waals surface area contributed by atoms with E-state index < -0.39 is 40.4 Å². The minimum Gasteiger partial charge on any atom is -0.458 e. The maximum atomic E-state index is 13.0. The van der Waals surface area contributed by atoms with Crippen LogP contribution in [0.5, 0.6) is 0 Å². The van der Waals surface area contributed by atoms with Crippen LogP contribution in [-0.4, -0.2) is 34.1 Å². The maximum absolute atomic E-state index is 13.0. The number of pyridine rings is 2. The van der Waals surface area contributed by atoms with E-state index in [1.165, 1.54) is 0 Å². The number of esters is 2. The molecule has 0 fully saturated rings. The van der Waals surface area contributed by atoms with Gasteiger partial charge in [0.05, 0.1) is 23.6 Å². The average Bonchev–Trinajstić information content (AvgIpc) is 2.62. The molecule has 0 aliphatic rings. The van der Waals surface area contributed by atoms with Crippen molar-refractivity contribution in [1.82, 2.24) is 9.97 Å². The van der Waals surface area contributed by atoms with E-state index in [0.29, 0.717) is 0 Å². The summed E-state index contributed by atoms with van der Waals surface area (Å²) in [5, 5.41) is -0.439. The molecule has 2 aromatic heterocycles. The molecule has 0 aliphatic heterocycles. The van der Waals surface area contributed by atoms with Gasteiger partial charge >= 0.3 is 11.9 Å². The minimum absolute atomic E-state index is 0.104. The molecule has 30 heavy (non-hydrogen) atoms. The number of nitrogen functional groups attached to an aromatic ring is 2. The monoisotopic (exact) mass is 448 g/mol. The van der Waals surface area contributed by atoms with Gasteiger partial charge in [-0.2, -0.15) is 8.78 Å². The predicted octanol–water partition coefficient (Wildman–Crippen LogP) is 3.53. The fraction of sp³-hybridized carbons (Fsp3) is 0.333. The van der Waals surface area contributed by atoms with Crippen LogP contribution in [0, 0.1) is 17.6 Å². The van der Waals surface area contributed by atoms with Gasteiger partial charge in [0.2, 0.25) is 5.82 Å². The Morgan fingerprint density at radius 3 is 1.63 bits per heavy atom. The lowest BCUT2D eigenvalue weighted by Crippen LogP contribution is -2.15. The molecule has 0 saturated heterocycles. The first-order valence-electron chi connectivity index (χ1n) is 8.48. The minimum atomic E-state index is -1.41. The van der Waals surface area contributed by atoms with Crippen molar-refractivity contribution < 1.29 is 32.2 Å². The molecule has 4 N–H and O–H groups in total. The first-order valence-corrected chi connectivity index (χ1v) is 8.86. The molecule has 0 aliphatic carbocycles. The topological polar surface area (TPSA) is 130 Å². The molecule has 2 heterocycles. The van der Waals surface area contributed by atoms with Crippen LogP contribution in [0.3, 0.4) is 0 Å². The number of anilines is 2. The third-order valence-corrected chi connectivity index (χ3v) is 3.24. The van der Waals surface area contributed by atoms with Crippen molar-refractivity contribution in [1.29, 1.82) is 0 Å². The molecular weight excluding hydrogens is 429 g/mol. The summed E-state index contributed by atoms with van der Waals surface area (Å²) in [6.07, 6.45) is -0.655. The van der Waals surface area contributed by atoms with Gasteiger partial charge in [0.1, 0.15) is 0 Å². The first kappa shape index (κ1) is 25.0. The van der Waals surface area contributed by atoms with Crippen molar-refractivity contribution in [3.8, 4) is 0 Å². The molecule has 8 nitrogen and oxygen atoms in total. The van der Waals surface area contributed by atoms with E-state index in [4.69, 9.17) is 32.5 Å². The smallest absolute Gasteiger partial charge is 0.357 e. The van der Waals surface area contributed by atoms with Gasteiger partial charge < -0.3 is 20.9 Å². The van der Waals surface area contributed by atoms with Crippen molar-refractivity contribution in [3.05, 3.63) is 46.3 Å². The molecule has 0 saturated carbocycles. The van der Waals surface area contributed by atoms with Gasteiger partial charge in [0, 0.05) is 0 Å². The molecule has 12 heteroatoms. The Morgan fingerprint density at radius 2 is 1.27 bits per heavy atom. The molecule has 164 valence electrons. The lowest BCUT2D eigenvalue weighted by atomic mass is 10.3. The normalized spacial score (nSPS) is 10.5. The molecule has 0 bridgehead atoms. The van der Waals surface area contributed by atoms with Crippen molar-refractivity contribution >= 4 is 34.9 Å². The van der Waals surface area contributed by atoms with E-state index in [-0.39, 0.29) is 29.3 Å². The summed E-state index contributed by atoms with van der Waals surface area (Å²) in [4.78, 5) is 29.2. The fourth-order valence-electron chi connectivity index (χ4n) is 1.79. The van der Waals surface area contributed by atoms with E-state index in [9.17, 15) is 22.8 Å². The average molecular weight is 449 g/mol. The Hall–Kier alpha value is -3.08. The van der Waals surface area contributed by atoms with Crippen molar-refractivity contribution in [2.24, 2.45) is 0 Å². The summed E-state index contributed by atoms with van der Waals surface area (Å²) in [5.41, 5.74) is 9.25. The molecule has 0 aromatic carbocycles. The highest BCUT2D eigenvalue weighted by Gasteiger charge is 2.17. The molecule has 2 rings (SSSR count). The molecule has 0 radical (unpaired) electrons. The standard InChI is InChI=1S/C9H10ClFN2O2.C9H10F2N2O2/c1-4(2)15-9(14)6-3-5(12)7(11)8(10)13-6;1-4(2)15-9(14)6-3-5(12)7(10)8(11)13-6/h2*3-4H,1-2H3,(H2,12,13). The highest BCUT2D eigenvalue weighted by Crippen LogP contribution is 2.19. The zero-order chi connectivity index (χ0) is 23.2. The zero-order valence-corrected chi connectivity index (χ0v) is 17.3. The van der Waals surface area contributed by atoms with Crippen LogP contribution >= 0.6 is 11.6 Å². The van der Waals surface area contributed by atoms with Gasteiger partial charge in [-0.25, -0.2) is 23.9 Å². The summed E-state index contributed by atoms with van der Waals surface area (Å²) in [6.45, 7) is 6.63. The summed E-state index contributed by atoms with van der Waals surface area (Å²) in [6, 6.07) is 2.02. The van der Waals surface area contributed by atoms with E-state index >= 15 is 0 Å². The van der Waals surface area contributed by atoms with Crippen LogP contribution in [0.15, 0.2) is 12.1 Å². The molecule has 0 atom stereocenters. The summed E-state index contributed by atoms with van der Waals surface area (Å²) >= 11 is 5.43. The van der Waals surface area contributed by atoms with E-state index in [2.05, 4.69) is 9.97 Å². The van der Waals surface area contributed by atoms with Crippen molar-refractivity contribution in [2.75, 3.05) is 11.5 Å². The predicted molar refractivity (Wildman–Crippen MR) is 103 cm³/mol. The lowest BCUT2D eigenvalue weighted by molar-refractivity contribution is 0.0359. The van der Waals surface area contributed by atoms with Crippen LogP contribution in [0.25, 0.3) is 0 Å². The second kappa shape index (κ2) is 10.6. The second-order valence-corrected chi connectivity index (χ2v) is 6.67. The number of ether oxygens (including phenoxy) is 2. The quantitative estimate of drug-likeness (QED) is 0.536. The number of aromatic nitrogens is 2. The summed E-state index contributed by atoms with van der Waals surface area (Å²) in [5.74, 6) is -5.03. The third kappa shape index (κ3) is 7.07. The number of carbonyl (C=O) groups is 2. The molecular formula is C18H20ClF3N4O4. The number of carbonyl (C=O) groups excluding carboxylic acids is 2. The van der Waals surface area contributed by atoms with Gasteiger partial charge in [0.25, 0.3) is 5.95 Å². The maximum Gasteiger partial charge on any atom is 0.357 e. The summed E-state index contributed by atoms with van der Waals surface area (Å²) in [7, 11) is 0. The van der Waals surface area contributed by atoms with E-state index in [0.717, 1.165) is 12.1 Å². The second-order valence-electron chi connectivity index (χ2n) is 6.31. The summed E-state index contributed by atoms with van der Waals surface area (Å²) < 4.78 is 48.0. The van der Waals surface area contributed by atoms with Crippen LogP contribution in [0.2, 0.25) is 5.15 Å². The molecule has 2 aromatic rings. The van der Waals surface area contributed by atoms with Crippen LogP contribution < -0.4 is 11.5 Å². The number of nitrogens with zero attached hydrogens (tertiary/aromatic N) is 2. The number of hydrogen-bond donors (Lipinski definition) is 2. The first-order chi connectivity index (χ1) is 13.8. The van der Waals surface area contributed by atoms with Crippen molar-refractivity contribution in [3.63, 3.8) is 0 Å². The van der Waals surface area contributed by atoms with Gasteiger partial charge in [0.15, 0.2) is 22.4 Å². The Morgan fingerprint density at radius 1 is 0.867 bits per heavy atom. The van der Waals surface area contributed by atoms with Gasteiger partial charge in [-0.1, -0.05) is 11.6 Å². The molecule has 0 spiro atoms. The Labute approximate surface area is 175 Å². The highest BCUT2D eigenvalue weighted by atomic mass is 35.5. The van der Waals surface area contributed by atoms with E-state index in [1.54, 1.807) is 27.7 Å². The molecule has 0 amide bonds. The van der Waals surface area contributed by atoms with Crippen LogP contribution in [0.4, 0.5) is 24.5 Å². The molecule has 0 unspecified atom stereocenters. The zero-order valence-electron chi connectivity index (χ0n) is 16.5. The Balaban J connectivity index is 0.000000300. The number of hydrogen-bond acceptors (Lipinski definition) is 8. The van der Waals surface area contributed by atoms with Gasteiger partial charge in [-0.05, 0) is 39.8 Å². The fourth-order valence-corrected chi connectivity index (χ4v) is 1.99. The van der Waals surface area contributed by atoms with Crippen LogP contribution in [0.1, 0.15) is 48.7 Å². The Kier molecular flexibility index (Phi) is 8.84. The number of rotatable bonds is 4. The largest absolute Gasteiger partial charge is 0.458 e. The SMILES string of the molecule is CC(C)OC(=O)c1cc(N)c(F)c(Cl)n1.CC(C)OC(=O)c1cc(N)c(F)c(F)n1. The number of nitrogens with two attached hydrogens (primary N) is 2. The highest BCUT2D eigenvalue weighted by molar-refractivity contribution is 6.30. The Bertz CT molecular complexity index is 820. The third-order valence-electron chi connectivity index (χ3n) is 2.99. The van der Waals surface area contributed by atoms with E-state index in [1.807, 2.05) is 0 Å². The van der Waals surface area contributed by atoms with Crippen molar-refractivity contribution in [2.45, 2.75) is 39.9 Å². The van der Waals surface area contributed by atoms with Gasteiger partial charge in [-0.15, -0.1) is 0 Å².